The fourth-order valence-electron chi connectivity index (χ4n) is 2.26. The lowest BCUT2D eigenvalue weighted by Gasteiger charge is -2.35. The van der Waals surface area contributed by atoms with E-state index >= 15 is 0 Å². The number of carbonyl (C=O) groups excluding carboxylic acids is 1. The second kappa shape index (κ2) is 5.16. The number of carbonyl (C=O) groups is 1. The minimum atomic E-state index is -0.0498. The zero-order chi connectivity index (χ0) is 13.3. The summed E-state index contributed by atoms with van der Waals surface area (Å²) >= 11 is 5.92. The lowest BCUT2D eigenvalue weighted by atomic mass is 10.1. The quantitative estimate of drug-likeness (QED) is 0.794. The summed E-state index contributed by atoms with van der Waals surface area (Å²) < 4.78 is 5.61. The van der Waals surface area contributed by atoms with E-state index in [4.69, 9.17) is 22.1 Å². The minimum Gasteiger partial charge on any atom is -0.399 e. The van der Waals surface area contributed by atoms with Crippen molar-refractivity contribution in [3.8, 4) is 0 Å². The van der Waals surface area contributed by atoms with Crippen LogP contribution in [0.2, 0.25) is 5.02 Å². The van der Waals surface area contributed by atoms with Gasteiger partial charge in [-0.2, -0.15) is 0 Å². The SMILES string of the molecule is CC1CN(C(=O)c2cc(N)cc(Cl)c2)CC(C)O1. The molecule has 2 N–H and O–H groups in total. The van der Waals surface area contributed by atoms with Crippen LogP contribution >= 0.6 is 11.6 Å². The maximum Gasteiger partial charge on any atom is 0.254 e. The highest BCUT2D eigenvalue weighted by Crippen LogP contribution is 2.20. The number of morpholine rings is 1. The van der Waals surface area contributed by atoms with Gasteiger partial charge in [-0.3, -0.25) is 4.79 Å². The number of hydrogen-bond acceptors (Lipinski definition) is 3. The monoisotopic (exact) mass is 268 g/mol. The van der Waals surface area contributed by atoms with Gasteiger partial charge in [0, 0.05) is 29.4 Å². The van der Waals surface area contributed by atoms with Crippen molar-refractivity contribution < 1.29 is 9.53 Å². The number of halogens is 1. The van der Waals surface area contributed by atoms with Crippen LogP contribution in [0.5, 0.6) is 0 Å². The first-order valence-corrected chi connectivity index (χ1v) is 6.34. The first kappa shape index (κ1) is 13.2. The van der Waals surface area contributed by atoms with Gasteiger partial charge in [-0.05, 0) is 32.0 Å². The highest BCUT2D eigenvalue weighted by atomic mass is 35.5. The van der Waals surface area contributed by atoms with Crippen LogP contribution in [-0.4, -0.2) is 36.1 Å². The highest BCUT2D eigenvalue weighted by molar-refractivity contribution is 6.31. The van der Waals surface area contributed by atoms with E-state index in [-0.39, 0.29) is 18.1 Å². The fraction of sp³-hybridized carbons (Fsp3) is 0.462. The molecule has 2 unspecified atom stereocenters. The van der Waals surface area contributed by atoms with Crippen LogP contribution in [0.15, 0.2) is 18.2 Å². The molecule has 1 amide bonds. The van der Waals surface area contributed by atoms with Gasteiger partial charge in [-0.25, -0.2) is 0 Å². The molecule has 0 aromatic heterocycles. The Morgan fingerprint density at radius 3 is 2.50 bits per heavy atom. The Kier molecular flexibility index (Phi) is 3.78. The molecule has 18 heavy (non-hydrogen) atoms. The number of nitrogens with two attached hydrogens (primary N) is 1. The number of ether oxygens (including phenoxy) is 1. The van der Waals surface area contributed by atoms with E-state index < -0.39 is 0 Å². The largest absolute Gasteiger partial charge is 0.399 e. The molecule has 1 aliphatic rings. The Hall–Kier alpha value is -1.26. The summed E-state index contributed by atoms with van der Waals surface area (Å²) in [4.78, 5) is 14.1. The zero-order valence-corrected chi connectivity index (χ0v) is 11.3. The first-order valence-electron chi connectivity index (χ1n) is 5.96. The summed E-state index contributed by atoms with van der Waals surface area (Å²) in [5.41, 5.74) is 6.73. The molecule has 5 heteroatoms. The van der Waals surface area contributed by atoms with Crippen LogP contribution in [0.25, 0.3) is 0 Å². The molecule has 1 saturated heterocycles. The van der Waals surface area contributed by atoms with Gasteiger partial charge in [0.2, 0.25) is 0 Å². The van der Waals surface area contributed by atoms with Crippen molar-refractivity contribution in [1.82, 2.24) is 4.90 Å². The molecule has 0 bridgehead atoms. The van der Waals surface area contributed by atoms with Crippen molar-refractivity contribution in [3.05, 3.63) is 28.8 Å². The van der Waals surface area contributed by atoms with Crippen LogP contribution in [0, 0.1) is 0 Å². The van der Waals surface area contributed by atoms with Gasteiger partial charge in [0.15, 0.2) is 0 Å². The van der Waals surface area contributed by atoms with Crippen molar-refractivity contribution in [3.63, 3.8) is 0 Å². The van der Waals surface area contributed by atoms with Crippen LogP contribution in [-0.2, 0) is 4.74 Å². The fourth-order valence-corrected chi connectivity index (χ4v) is 2.51. The molecule has 0 spiro atoms. The molecule has 1 aromatic carbocycles. The molecule has 1 fully saturated rings. The van der Waals surface area contributed by atoms with Gasteiger partial charge in [0.1, 0.15) is 0 Å². The normalized spacial score (nSPS) is 24.1. The molecule has 4 nitrogen and oxygen atoms in total. The maximum absolute atomic E-state index is 12.4. The number of hydrogen-bond donors (Lipinski definition) is 1. The molecule has 2 rings (SSSR count). The Morgan fingerprint density at radius 2 is 1.94 bits per heavy atom. The van der Waals surface area contributed by atoms with E-state index in [9.17, 15) is 4.79 Å². The average molecular weight is 269 g/mol. The summed E-state index contributed by atoms with van der Waals surface area (Å²) in [6, 6.07) is 4.92. The summed E-state index contributed by atoms with van der Waals surface area (Å²) in [5, 5.41) is 0.479. The Morgan fingerprint density at radius 1 is 1.33 bits per heavy atom. The number of benzene rings is 1. The summed E-state index contributed by atoms with van der Waals surface area (Å²) in [5.74, 6) is -0.0498. The Balaban J connectivity index is 2.20. The molecule has 0 radical (unpaired) electrons. The van der Waals surface area contributed by atoms with Gasteiger partial charge in [-0.15, -0.1) is 0 Å². The Bertz CT molecular complexity index is 434. The zero-order valence-electron chi connectivity index (χ0n) is 10.5. The number of rotatable bonds is 1. The molecule has 0 aliphatic carbocycles. The van der Waals surface area contributed by atoms with Crippen molar-refractivity contribution in [2.45, 2.75) is 26.1 Å². The topological polar surface area (TPSA) is 55.6 Å². The lowest BCUT2D eigenvalue weighted by molar-refractivity contribution is -0.0586. The van der Waals surface area contributed by atoms with Gasteiger partial charge < -0.3 is 15.4 Å². The van der Waals surface area contributed by atoms with Crippen molar-refractivity contribution in [2.24, 2.45) is 0 Å². The molecule has 1 heterocycles. The number of anilines is 1. The number of amides is 1. The van der Waals surface area contributed by atoms with Crippen molar-refractivity contribution in [2.75, 3.05) is 18.8 Å². The second-order valence-electron chi connectivity index (χ2n) is 4.74. The Labute approximate surface area is 112 Å². The molecule has 1 aromatic rings. The van der Waals surface area contributed by atoms with Gasteiger partial charge >= 0.3 is 0 Å². The summed E-state index contributed by atoms with van der Waals surface area (Å²) in [6.07, 6.45) is 0.100. The summed E-state index contributed by atoms with van der Waals surface area (Å²) in [7, 11) is 0. The van der Waals surface area contributed by atoms with E-state index in [1.807, 2.05) is 13.8 Å². The van der Waals surface area contributed by atoms with E-state index in [1.165, 1.54) is 0 Å². The average Bonchev–Trinajstić information content (AvgIpc) is 2.25. The second-order valence-corrected chi connectivity index (χ2v) is 5.18. The van der Waals surface area contributed by atoms with Gasteiger partial charge in [0.25, 0.3) is 5.91 Å². The van der Waals surface area contributed by atoms with Crippen LogP contribution in [0.1, 0.15) is 24.2 Å². The molecule has 2 atom stereocenters. The van der Waals surface area contributed by atoms with Crippen LogP contribution in [0.3, 0.4) is 0 Å². The van der Waals surface area contributed by atoms with E-state index in [2.05, 4.69) is 0 Å². The molecule has 1 aliphatic heterocycles. The van der Waals surface area contributed by atoms with Crippen LogP contribution in [0.4, 0.5) is 5.69 Å². The van der Waals surface area contributed by atoms with Crippen molar-refractivity contribution >= 4 is 23.2 Å². The third kappa shape index (κ3) is 2.94. The highest BCUT2D eigenvalue weighted by Gasteiger charge is 2.26. The van der Waals surface area contributed by atoms with Gasteiger partial charge in [0.05, 0.1) is 12.2 Å². The number of nitrogen functional groups attached to an aromatic ring is 1. The third-order valence-electron chi connectivity index (χ3n) is 2.87. The van der Waals surface area contributed by atoms with Gasteiger partial charge in [-0.1, -0.05) is 11.6 Å². The minimum absolute atomic E-state index is 0.0498. The standard InChI is InChI=1S/C13H17ClN2O2/c1-8-6-16(7-9(2)18-8)13(17)10-3-11(14)5-12(15)4-10/h3-5,8-9H,6-7,15H2,1-2H3. The van der Waals surface area contributed by atoms with Crippen LogP contribution < -0.4 is 5.73 Å². The predicted octanol–water partition coefficient (Wildman–Crippen LogP) is 2.17. The number of nitrogens with zero attached hydrogens (tertiary/aromatic N) is 1. The van der Waals surface area contributed by atoms with E-state index in [1.54, 1.807) is 23.1 Å². The maximum atomic E-state index is 12.4. The molecule has 98 valence electrons. The summed E-state index contributed by atoms with van der Waals surface area (Å²) in [6.45, 7) is 5.11. The first-order chi connectivity index (χ1) is 8.45. The molecular formula is C13H17ClN2O2. The van der Waals surface area contributed by atoms with E-state index in [0.29, 0.717) is 29.4 Å². The van der Waals surface area contributed by atoms with E-state index in [0.717, 1.165) is 0 Å². The third-order valence-corrected chi connectivity index (χ3v) is 3.09. The smallest absolute Gasteiger partial charge is 0.254 e. The van der Waals surface area contributed by atoms with Crippen molar-refractivity contribution in [1.29, 1.82) is 0 Å². The lowest BCUT2D eigenvalue weighted by Crippen LogP contribution is -2.48. The predicted molar refractivity (Wildman–Crippen MR) is 71.8 cm³/mol. The molecular weight excluding hydrogens is 252 g/mol. The molecule has 0 saturated carbocycles.